The summed E-state index contributed by atoms with van der Waals surface area (Å²) in [6.45, 7) is 1.95. The summed E-state index contributed by atoms with van der Waals surface area (Å²) in [7, 11) is 0. The molecule has 0 radical (unpaired) electrons. The average molecular weight is 329 g/mol. The molecule has 0 aliphatic rings. The van der Waals surface area contributed by atoms with E-state index in [2.05, 4.69) is 15.5 Å². The Bertz CT molecular complexity index is 841. The Balaban J connectivity index is 1.51. The molecule has 0 aliphatic carbocycles. The number of amides is 1. The highest BCUT2D eigenvalue weighted by Gasteiger charge is 2.14. The SMILES string of the molecule is Cc1occc1-c1nnc(CCC(=O)NCc2ccccc2F)o1. The molecule has 7 heteroatoms. The number of carbonyl (C=O) groups excluding carboxylic acids is 1. The lowest BCUT2D eigenvalue weighted by atomic mass is 10.2. The van der Waals surface area contributed by atoms with Gasteiger partial charge in [-0.3, -0.25) is 4.79 Å². The maximum Gasteiger partial charge on any atom is 0.251 e. The summed E-state index contributed by atoms with van der Waals surface area (Å²) in [6.07, 6.45) is 2.04. The number of hydrogen-bond acceptors (Lipinski definition) is 5. The van der Waals surface area contributed by atoms with Crippen molar-refractivity contribution in [3.63, 3.8) is 0 Å². The fourth-order valence-corrected chi connectivity index (χ4v) is 2.21. The standard InChI is InChI=1S/C17H16FN3O3/c1-11-13(8-9-23-11)17-21-20-16(24-17)7-6-15(22)19-10-12-4-2-3-5-14(12)18/h2-5,8-9H,6-7,10H2,1H3,(H,19,22). The van der Waals surface area contributed by atoms with Crippen LogP contribution in [0.2, 0.25) is 0 Å². The minimum atomic E-state index is -0.338. The first kappa shape index (κ1) is 15.9. The largest absolute Gasteiger partial charge is 0.469 e. The van der Waals surface area contributed by atoms with Gasteiger partial charge in [0.1, 0.15) is 11.6 Å². The molecule has 0 saturated heterocycles. The van der Waals surface area contributed by atoms with Crippen molar-refractivity contribution in [1.82, 2.24) is 15.5 Å². The molecule has 6 nitrogen and oxygen atoms in total. The van der Waals surface area contributed by atoms with E-state index >= 15 is 0 Å². The molecule has 1 aromatic carbocycles. The molecule has 3 aromatic rings. The van der Waals surface area contributed by atoms with Gasteiger partial charge in [0.25, 0.3) is 5.89 Å². The van der Waals surface area contributed by atoms with Crippen molar-refractivity contribution in [2.24, 2.45) is 0 Å². The van der Waals surface area contributed by atoms with Crippen molar-refractivity contribution in [3.05, 3.63) is 59.6 Å². The van der Waals surface area contributed by atoms with Crippen LogP contribution in [0.3, 0.4) is 0 Å². The van der Waals surface area contributed by atoms with Gasteiger partial charge >= 0.3 is 0 Å². The van der Waals surface area contributed by atoms with Crippen molar-refractivity contribution in [1.29, 1.82) is 0 Å². The van der Waals surface area contributed by atoms with Crippen molar-refractivity contribution >= 4 is 5.91 Å². The number of carbonyl (C=O) groups is 1. The van der Waals surface area contributed by atoms with E-state index in [0.717, 1.165) is 5.56 Å². The quantitative estimate of drug-likeness (QED) is 0.752. The molecule has 3 rings (SSSR count). The Morgan fingerprint density at radius 1 is 1.25 bits per heavy atom. The molecule has 1 amide bonds. The van der Waals surface area contributed by atoms with E-state index in [9.17, 15) is 9.18 Å². The van der Waals surface area contributed by atoms with Crippen molar-refractivity contribution in [3.8, 4) is 11.5 Å². The molecule has 124 valence electrons. The van der Waals surface area contributed by atoms with Crippen LogP contribution < -0.4 is 5.32 Å². The number of rotatable bonds is 6. The summed E-state index contributed by atoms with van der Waals surface area (Å²) in [5, 5.41) is 10.5. The third-order valence-corrected chi connectivity index (χ3v) is 3.56. The predicted molar refractivity (Wildman–Crippen MR) is 83.3 cm³/mol. The first-order chi connectivity index (χ1) is 11.6. The lowest BCUT2D eigenvalue weighted by Crippen LogP contribution is -2.23. The summed E-state index contributed by atoms with van der Waals surface area (Å²) in [4.78, 5) is 11.9. The predicted octanol–water partition coefficient (Wildman–Crippen LogP) is 3.03. The van der Waals surface area contributed by atoms with Crippen LogP contribution in [-0.2, 0) is 17.8 Å². The van der Waals surface area contributed by atoms with E-state index in [-0.39, 0.29) is 24.7 Å². The van der Waals surface area contributed by atoms with Gasteiger partial charge in [-0.05, 0) is 19.1 Å². The monoisotopic (exact) mass is 329 g/mol. The Hall–Kier alpha value is -2.96. The number of benzene rings is 1. The summed E-state index contributed by atoms with van der Waals surface area (Å²) in [5.41, 5.74) is 1.18. The van der Waals surface area contributed by atoms with Crippen molar-refractivity contribution < 1.29 is 18.0 Å². The number of nitrogens with zero attached hydrogens (tertiary/aromatic N) is 2. The number of hydrogen-bond donors (Lipinski definition) is 1. The van der Waals surface area contributed by atoms with Gasteiger partial charge < -0.3 is 14.2 Å². The fourth-order valence-electron chi connectivity index (χ4n) is 2.21. The molecular weight excluding hydrogens is 313 g/mol. The molecule has 0 atom stereocenters. The molecule has 0 spiro atoms. The van der Waals surface area contributed by atoms with E-state index in [1.807, 2.05) is 0 Å². The van der Waals surface area contributed by atoms with Gasteiger partial charge in [-0.2, -0.15) is 0 Å². The fraction of sp³-hybridized carbons (Fsp3) is 0.235. The van der Waals surface area contributed by atoms with E-state index < -0.39 is 0 Å². The molecule has 1 N–H and O–H groups in total. The summed E-state index contributed by atoms with van der Waals surface area (Å²) >= 11 is 0. The summed E-state index contributed by atoms with van der Waals surface area (Å²) in [6, 6.07) is 8.07. The van der Waals surface area contributed by atoms with Crippen LogP contribution in [-0.4, -0.2) is 16.1 Å². The molecule has 2 aromatic heterocycles. The molecular formula is C17H16FN3O3. The van der Waals surface area contributed by atoms with E-state index in [1.165, 1.54) is 6.07 Å². The maximum atomic E-state index is 13.5. The molecule has 0 saturated carbocycles. The first-order valence-corrected chi connectivity index (χ1v) is 7.50. The highest BCUT2D eigenvalue weighted by molar-refractivity contribution is 5.76. The van der Waals surface area contributed by atoms with E-state index in [1.54, 1.807) is 37.5 Å². The summed E-state index contributed by atoms with van der Waals surface area (Å²) < 4.78 is 24.2. The highest BCUT2D eigenvalue weighted by atomic mass is 19.1. The van der Waals surface area contributed by atoms with Gasteiger partial charge in [0.15, 0.2) is 0 Å². The highest BCUT2D eigenvalue weighted by Crippen LogP contribution is 2.22. The normalized spacial score (nSPS) is 10.8. The second kappa shape index (κ2) is 7.08. The first-order valence-electron chi connectivity index (χ1n) is 7.50. The van der Waals surface area contributed by atoms with Crippen LogP contribution in [0.5, 0.6) is 0 Å². The number of furan rings is 1. The Morgan fingerprint density at radius 3 is 2.83 bits per heavy atom. The second-order valence-electron chi connectivity index (χ2n) is 5.26. The third-order valence-electron chi connectivity index (χ3n) is 3.56. The lowest BCUT2D eigenvalue weighted by molar-refractivity contribution is -0.121. The van der Waals surface area contributed by atoms with Crippen molar-refractivity contribution in [2.75, 3.05) is 0 Å². The number of halogens is 1. The summed E-state index contributed by atoms with van der Waals surface area (Å²) in [5.74, 6) is 0.870. The molecule has 0 unspecified atom stereocenters. The molecule has 0 bridgehead atoms. The van der Waals surface area contributed by atoms with E-state index in [4.69, 9.17) is 8.83 Å². The third kappa shape index (κ3) is 3.68. The Labute approximate surface area is 137 Å². The Kier molecular flexibility index (Phi) is 4.69. The molecule has 0 aliphatic heterocycles. The lowest BCUT2D eigenvalue weighted by Gasteiger charge is -2.05. The van der Waals surface area contributed by atoms with Crippen LogP contribution in [0.1, 0.15) is 23.6 Å². The van der Waals surface area contributed by atoms with Gasteiger partial charge in [0.2, 0.25) is 11.8 Å². The van der Waals surface area contributed by atoms with Gasteiger partial charge in [-0.15, -0.1) is 10.2 Å². The zero-order valence-electron chi connectivity index (χ0n) is 13.1. The molecule has 24 heavy (non-hydrogen) atoms. The minimum Gasteiger partial charge on any atom is -0.469 e. The number of nitrogens with one attached hydrogen (secondary N) is 1. The van der Waals surface area contributed by atoms with Gasteiger partial charge in [-0.1, -0.05) is 18.2 Å². The minimum absolute atomic E-state index is 0.148. The molecule has 2 heterocycles. The zero-order valence-corrected chi connectivity index (χ0v) is 13.1. The average Bonchev–Trinajstić information content (AvgIpc) is 3.20. The van der Waals surface area contributed by atoms with Gasteiger partial charge in [-0.25, -0.2) is 4.39 Å². The molecule has 0 fully saturated rings. The van der Waals surface area contributed by atoms with Crippen LogP contribution in [0.15, 0.2) is 45.4 Å². The number of aryl methyl sites for hydroxylation is 2. The Morgan fingerprint density at radius 2 is 2.08 bits per heavy atom. The zero-order chi connectivity index (χ0) is 16.9. The maximum absolute atomic E-state index is 13.5. The van der Waals surface area contributed by atoms with Gasteiger partial charge in [0.05, 0.1) is 11.8 Å². The topological polar surface area (TPSA) is 81.2 Å². The van der Waals surface area contributed by atoms with Crippen LogP contribution in [0, 0.1) is 12.7 Å². The smallest absolute Gasteiger partial charge is 0.251 e. The van der Waals surface area contributed by atoms with Crippen LogP contribution in [0.4, 0.5) is 4.39 Å². The van der Waals surface area contributed by atoms with Gasteiger partial charge in [0, 0.05) is 24.9 Å². The van der Waals surface area contributed by atoms with Crippen LogP contribution >= 0.6 is 0 Å². The second-order valence-corrected chi connectivity index (χ2v) is 5.26. The van der Waals surface area contributed by atoms with Crippen molar-refractivity contribution in [2.45, 2.75) is 26.3 Å². The number of aromatic nitrogens is 2. The van der Waals surface area contributed by atoms with Crippen LogP contribution in [0.25, 0.3) is 11.5 Å². The van der Waals surface area contributed by atoms with E-state index in [0.29, 0.717) is 29.5 Å².